The van der Waals surface area contributed by atoms with E-state index in [0.717, 1.165) is 21.9 Å². The minimum Gasteiger partial charge on any atom is -0.508 e. The first kappa shape index (κ1) is 20.5. The summed E-state index contributed by atoms with van der Waals surface area (Å²) >= 11 is 12.3. The predicted octanol–water partition coefficient (Wildman–Crippen LogP) is 6.76. The zero-order valence-electron chi connectivity index (χ0n) is 16.2. The Morgan fingerprint density at radius 1 is 0.733 bits per heavy atom. The van der Waals surface area contributed by atoms with E-state index in [-0.39, 0.29) is 16.5 Å². The van der Waals surface area contributed by atoms with Gasteiger partial charge in [-0.05, 0) is 34.5 Å². The molecule has 4 aromatic rings. The standard InChI is InChI=1S/C25H21Cl2NO2/c26-20-12-19(25(30)23(27)13-20)15-28(14-17-6-2-1-3-7-17)16-22-21-9-5-4-8-18(21)10-11-24(22)29/h1-13,29-30H,14-16H2. The monoisotopic (exact) mass is 437 g/mol. The van der Waals surface area contributed by atoms with Gasteiger partial charge in [-0.2, -0.15) is 0 Å². The van der Waals surface area contributed by atoms with Gasteiger partial charge in [-0.3, -0.25) is 4.90 Å². The maximum atomic E-state index is 10.6. The lowest BCUT2D eigenvalue weighted by molar-refractivity contribution is 0.242. The number of benzene rings is 4. The third-order valence-corrected chi connectivity index (χ3v) is 5.65. The Balaban J connectivity index is 1.72. The number of fused-ring (bicyclic) bond motifs is 1. The van der Waals surface area contributed by atoms with Crippen LogP contribution in [0.15, 0.2) is 78.9 Å². The highest BCUT2D eigenvalue weighted by Crippen LogP contribution is 2.34. The summed E-state index contributed by atoms with van der Waals surface area (Å²) < 4.78 is 0. The third kappa shape index (κ3) is 4.54. The maximum Gasteiger partial charge on any atom is 0.138 e. The van der Waals surface area contributed by atoms with Crippen LogP contribution in [-0.2, 0) is 19.6 Å². The molecule has 0 aliphatic rings. The SMILES string of the molecule is Oc1ccc2ccccc2c1CN(Cc1ccccc1)Cc1cc(Cl)cc(Cl)c1O. The Hall–Kier alpha value is -2.72. The van der Waals surface area contributed by atoms with Crippen LogP contribution in [0.4, 0.5) is 0 Å². The molecule has 0 aliphatic heterocycles. The van der Waals surface area contributed by atoms with Crippen LogP contribution in [0.25, 0.3) is 10.8 Å². The summed E-state index contributed by atoms with van der Waals surface area (Å²) in [5, 5.41) is 23.8. The van der Waals surface area contributed by atoms with Crippen molar-refractivity contribution in [3.63, 3.8) is 0 Å². The van der Waals surface area contributed by atoms with Crippen molar-refractivity contribution < 1.29 is 10.2 Å². The van der Waals surface area contributed by atoms with Gasteiger partial charge in [-0.1, -0.05) is 83.9 Å². The van der Waals surface area contributed by atoms with Gasteiger partial charge >= 0.3 is 0 Å². The highest BCUT2D eigenvalue weighted by Gasteiger charge is 2.17. The molecule has 0 saturated carbocycles. The molecule has 2 N–H and O–H groups in total. The number of aromatic hydroxyl groups is 2. The van der Waals surface area contributed by atoms with Crippen molar-refractivity contribution in [2.75, 3.05) is 0 Å². The van der Waals surface area contributed by atoms with Gasteiger partial charge in [0.15, 0.2) is 0 Å². The quantitative estimate of drug-likeness (QED) is 0.350. The third-order valence-electron chi connectivity index (χ3n) is 5.15. The van der Waals surface area contributed by atoms with E-state index in [1.165, 1.54) is 6.07 Å². The maximum absolute atomic E-state index is 10.6. The largest absolute Gasteiger partial charge is 0.508 e. The molecule has 0 aromatic heterocycles. The summed E-state index contributed by atoms with van der Waals surface area (Å²) in [6, 6.07) is 25.0. The van der Waals surface area contributed by atoms with E-state index in [2.05, 4.69) is 17.0 Å². The fourth-order valence-electron chi connectivity index (χ4n) is 3.70. The van der Waals surface area contributed by atoms with E-state index in [1.54, 1.807) is 12.1 Å². The topological polar surface area (TPSA) is 43.7 Å². The van der Waals surface area contributed by atoms with E-state index in [9.17, 15) is 10.2 Å². The van der Waals surface area contributed by atoms with Gasteiger partial charge in [0.1, 0.15) is 11.5 Å². The molecule has 4 rings (SSSR count). The summed E-state index contributed by atoms with van der Waals surface area (Å²) in [4.78, 5) is 2.15. The summed E-state index contributed by atoms with van der Waals surface area (Å²) in [6.07, 6.45) is 0. The number of hydrogen-bond donors (Lipinski definition) is 2. The van der Waals surface area contributed by atoms with Crippen molar-refractivity contribution in [1.29, 1.82) is 0 Å². The highest BCUT2D eigenvalue weighted by molar-refractivity contribution is 6.35. The lowest BCUT2D eigenvalue weighted by Crippen LogP contribution is -2.22. The van der Waals surface area contributed by atoms with E-state index >= 15 is 0 Å². The van der Waals surface area contributed by atoms with E-state index < -0.39 is 0 Å². The lowest BCUT2D eigenvalue weighted by atomic mass is 10.0. The molecule has 152 valence electrons. The average molecular weight is 438 g/mol. The van der Waals surface area contributed by atoms with Gasteiger partial charge < -0.3 is 10.2 Å². The summed E-state index contributed by atoms with van der Waals surface area (Å²) in [5.74, 6) is 0.279. The van der Waals surface area contributed by atoms with Crippen molar-refractivity contribution in [2.24, 2.45) is 0 Å². The molecule has 30 heavy (non-hydrogen) atoms. The lowest BCUT2D eigenvalue weighted by Gasteiger charge is -2.25. The molecule has 0 heterocycles. The molecule has 5 heteroatoms. The Labute approximate surface area is 185 Å². The minimum atomic E-state index is 0.0290. The fourth-order valence-corrected chi connectivity index (χ4v) is 4.24. The molecule has 0 unspecified atom stereocenters. The average Bonchev–Trinajstić information content (AvgIpc) is 2.74. The van der Waals surface area contributed by atoms with Crippen molar-refractivity contribution in [1.82, 2.24) is 4.90 Å². The Kier molecular flexibility index (Phi) is 6.14. The van der Waals surface area contributed by atoms with Gasteiger partial charge in [0.05, 0.1) is 5.02 Å². The molecular formula is C25H21Cl2NO2. The van der Waals surface area contributed by atoms with Gasteiger partial charge in [-0.25, -0.2) is 0 Å². The van der Waals surface area contributed by atoms with Gasteiger partial charge in [0.25, 0.3) is 0 Å². The number of halogens is 2. The number of phenolic OH excluding ortho intramolecular Hbond substituents is 2. The van der Waals surface area contributed by atoms with Crippen LogP contribution in [0.1, 0.15) is 16.7 Å². The highest BCUT2D eigenvalue weighted by atomic mass is 35.5. The molecule has 0 radical (unpaired) electrons. The number of rotatable bonds is 6. The molecule has 0 atom stereocenters. The Bertz CT molecular complexity index is 1180. The Morgan fingerprint density at radius 2 is 1.47 bits per heavy atom. The summed E-state index contributed by atoms with van der Waals surface area (Å²) in [6.45, 7) is 1.54. The first-order valence-electron chi connectivity index (χ1n) is 9.64. The smallest absolute Gasteiger partial charge is 0.138 e. The second kappa shape index (κ2) is 8.97. The van der Waals surface area contributed by atoms with Crippen LogP contribution >= 0.6 is 23.2 Å². The minimum absolute atomic E-state index is 0.0290. The zero-order chi connectivity index (χ0) is 21.1. The molecule has 0 spiro atoms. The normalized spacial score (nSPS) is 11.3. The molecule has 0 saturated heterocycles. The van der Waals surface area contributed by atoms with Crippen LogP contribution in [0.5, 0.6) is 11.5 Å². The number of phenols is 2. The predicted molar refractivity (Wildman–Crippen MR) is 123 cm³/mol. The van der Waals surface area contributed by atoms with Crippen molar-refractivity contribution >= 4 is 34.0 Å². The number of nitrogens with zero attached hydrogens (tertiary/aromatic N) is 1. The number of hydrogen-bond acceptors (Lipinski definition) is 3. The first-order chi connectivity index (χ1) is 14.5. The summed E-state index contributed by atoms with van der Waals surface area (Å²) in [5.41, 5.74) is 2.62. The van der Waals surface area contributed by atoms with Crippen LogP contribution in [0.2, 0.25) is 10.0 Å². The fraction of sp³-hybridized carbons (Fsp3) is 0.120. The van der Waals surface area contributed by atoms with Gasteiger partial charge in [-0.15, -0.1) is 0 Å². The van der Waals surface area contributed by atoms with Gasteiger partial charge in [0.2, 0.25) is 0 Å². The molecular weight excluding hydrogens is 417 g/mol. The molecule has 0 bridgehead atoms. The van der Waals surface area contributed by atoms with E-state index in [1.807, 2.05) is 48.5 Å². The van der Waals surface area contributed by atoms with Crippen molar-refractivity contribution in [2.45, 2.75) is 19.6 Å². The Morgan fingerprint density at radius 3 is 2.27 bits per heavy atom. The molecule has 4 aromatic carbocycles. The van der Waals surface area contributed by atoms with Gasteiger partial charge in [0, 0.05) is 35.8 Å². The molecule has 0 fully saturated rings. The first-order valence-corrected chi connectivity index (χ1v) is 10.4. The molecule has 0 amide bonds. The second-order valence-electron chi connectivity index (χ2n) is 7.31. The second-order valence-corrected chi connectivity index (χ2v) is 8.15. The van der Waals surface area contributed by atoms with Crippen molar-refractivity contribution in [3.05, 3.63) is 106 Å². The van der Waals surface area contributed by atoms with Crippen LogP contribution < -0.4 is 0 Å². The zero-order valence-corrected chi connectivity index (χ0v) is 17.7. The van der Waals surface area contributed by atoms with E-state index in [0.29, 0.717) is 30.2 Å². The van der Waals surface area contributed by atoms with Crippen LogP contribution in [-0.4, -0.2) is 15.1 Å². The molecule has 0 aliphatic carbocycles. The van der Waals surface area contributed by atoms with Crippen LogP contribution in [0, 0.1) is 0 Å². The van der Waals surface area contributed by atoms with Crippen molar-refractivity contribution in [3.8, 4) is 11.5 Å². The van der Waals surface area contributed by atoms with E-state index in [4.69, 9.17) is 23.2 Å². The molecule has 3 nitrogen and oxygen atoms in total. The van der Waals surface area contributed by atoms with Crippen LogP contribution in [0.3, 0.4) is 0 Å². The summed E-state index contributed by atoms with van der Waals surface area (Å²) in [7, 11) is 0.